The number of nitrogens with one attached hydrogen (secondary N) is 1. The highest BCUT2D eigenvalue weighted by atomic mass is 32.1. The summed E-state index contributed by atoms with van der Waals surface area (Å²) in [7, 11) is 0. The van der Waals surface area contributed by atoms with Crippen molar-refractivity contribution < 1.29 is 4.79 Å². The zero-order valence-corrected chi connectivity index (χ0v) is 11.4. The van der Waals surface area contributed by atoms with Crippen LogP contribution in [0.2, 0.25) is 0 Å². The molecule has 3 rings (SSSR count). The number of rotatable bonds is 5. The molecule has 1 amide bonds. The Labute approximate surface area is 112 Å². The predicted molar refractivity (Wildman–Crippen MR) is 73.8 cm³/mol. The molecule has 0 radical (unpaired) electrons. The minimum Gasteiger partial charge on any atom is -0.338 e. The van der Waals surface area contributed by atoms with Gasteiger partial charge >= 0.3 is 0 Å². The summed E-state index contributed by atoms with van der Waals surface area (Å²) in [4.78, 5) is 15.7. The fraction of sp³-hybridized carbons (Fsp3) is 0.643. The number of nitrogens with zero attached hydrogens (tertiary/aromatic N) is 1. The second kappa shape index (κ2) is 5.41. The SMILES string of the molecule is O=C(Cc1cccs1)N(CC1CCCN1)C1CC1. The lowest BCUT2D eigenvalue weighted by atomic mass is 10.2. The van der Waals surface area contributed by atoms with Crippen LogP contribution in [0.3, 0.4) is 0 Å². The Morgan fingerprint density at radius 1 is 1.44 bits per heavy atom. The Hall–Kier alpha value is -0.870. The first-order valence-corrected chi connectivity index (χ1v) is 7.76. The standard InChI is InChI=1S/C14H20N2OS/c17-14(9-13-4-2-8-18-13)16(12-5-6-12)10-11-3-1-7-15-11/h2,4,8,11-12,15H,1,3,5-7,9-10H2. The van der Waals surface area contributed by atoms with Crippen LogP contribution in [0.5, 0.6) is 0 Å². The second-order valence-corrected chi connectivity index (χ2v) is 6.36. The van der Waals surface area contributed by atoms with Gasteiger partial charge in [0.15, 0.2) is 0 Å². The third kappa shape index (κ3) is 2.93. The van der Waals surface area contributed by atoms with E-state index in [0.717, 1.165) is 13.1 Å². The second-order valence-electron chi connectivity index (χ2n) is 5.33. The van der Waals surface area contributed by atoms with E-state index in [1.807, 2.05) is 11.4 Å². The summed E-state index contributed by atoms with van der Waals surface area (Å²) in [5.41, 5.74) is 0. The largest absolute Gasteiger partial charge is 0.338 e. The first-order valence-electron chi connectivity index (χ1n) is 6.88. The third-order valence-electron chi connectivity index (χ3n) is 3.79. The molecular formula is C14H20N2OS. The van der Waals surface area contributed by atoms with E-state index in [-0.39, 0.29) is 0 Å². The van der Waals surface area contributed by atoms with Crippen molar-refractivity contribution in [3.63, 3.8) is 0 Å². The van der Waals surface area contributed by atoms with E-state index in [1.54, 1.807) is 11.3 Å². The van der Waals surface area contributed by atoms with Gasteiger partial charge in [0, 0.05) is 23.5 Å². The number of carbonyl (C=O) groups excluding carboxylic acids is 1. The monoisotopic (exact) mass is 264 g/mol. The maximum absolute atomic E-state index is 12.4. The lowest BCUT2D eigenvalue weighted by Crippen LogP contribution is -2.43. The molecule has 1 aliphatic heterocycles. The molecule has 1 atom stereocenters. The van der Waals surface area contributed by atoms with Crippen LogP contribution in [-0.4, -0.2) is 36.0 Å². The van der Waals surface area contributed by atoms with E-state index in [0.29, 0.717) is 24.4 Å². The van der Waals surface area contributed by atoms with Crippen molar-refractivity contribution in [1.29, 1.82) is 0 Å². The summed E-state index contributed by atoms with van der Waals surface area (Å²) in [6.45, 7) is 2.02. The van der Waals surface area contributed by atoms with Crippen molar-refractivity contribution in [2.24, 2.45) is 0 Å². The summed E-state index contributed by atoms with van der Waals surface area (Å²) in [5.74, 6) is 0.314. The Bertz CT molecular complexity index is 394. The van der Waals surface area contributed by atoms with Gasteiger partial charge in [-0.3, -0.25) is 4.79 Å². The smallest absolute Gasteiger partial charge is 0.228 e. The summed E-state index contributed by atoms with van der Waals surface area (Å²) < 4.78 is 0. The summed E-state index contributed by atoms with van der Waals surface area (Å²) in [6.07, 6.45) is 5.45. The summed E-state index contributed by atoms with van der Waals surface area (Å²) in [6, 6.07) is 5.13. The van der Waals surface area contributed by atoms with E-state index in [2.05, 4.69) is 16.3 Å². The highest BCUT2D eigenvalue weighted by Crippen LogP contribution is 2.28. The topological polar surface area (TPSA) is 32.3 Å². The quantitative estimate of drug-likeness (QED) is 0.882. The zero-order chi connectivity index (χ0) is 12.4. The van der Waals surface area contributed by atoms with Crippen molar-refractivity contribution in [3.05, 3.63) is 22.4 Å². The van der Waals surface area contributed by atoms with Crippen LogP contribution in [0.25, 0.3) is 0 Å². The Morgan fingerprint density at radius 2 is 2.33 bits per heavy atom. The van der Waals surface area contributed by atoms with Gasteiger partial charge in [-0.1, -0.05) is 6.07 Å². The van der Waals surface area contributed by atoms with Crippen molar-refractivity contribution in [3.8, 4) is 0 Å². The normalized spacial score (nSPS) is 23.2. The third-order valence-corrected chi connectivity index (χ3v) is 4.67. The molecule has 1 saturated heterocycles. The van der Waals surface area contributed by atoms with Gasteiger partial charge in [-0.25, -0.2) is 0 Å². The Balaban J connectivity index is 1.59. The van der Waals surface area contributed by atoms with Gasteiger partial charge in [0.1, 0.15) is 0 Å². The molecule has 1 aliphatic carbocycles. The van der Waals surface area contributed by atoms with Crippen LogP contribution in [0.1, 0.15) is 30.6 Å². The predicted octanol–water partition coefficient (Wildman–Crippen LogP) is 2.03. The van der Waals surface area contributed by atoms with Crippen LogP contribution in [0.15, 0.2) is 17.5 Å². The molecule has 2 fully saturated rings. The van der Waals surface area contributed by atoms with Gasteiger partial charge in [-0.15, -0.1) is 11.3 Å². The fourth-order valence-corrected chi connectivity index (χ4v) is 3.35. The number of amides is 1. The first kappa shape index (κ1) is 12.2. The van der Waals surface area contributed by atoms with Crippen LogP contribution < -0.4 is 5.32 Å². The van der Waals surface area contributed by atoms with E-state index in [9.17, 15) is 4.79 Å². The van der Waals surface area contributed by atoms with Gasteiger partial charge in [-0.05, 0) is 43.7 Å². The molecule has 1 aromatic heterocycles. The average Bonchev–Trinajstić information content (AvgIpc) is 2.87. The molecular weight excluding hydrogens is 244 g/mol. The highest BCUT2D eigenvalue weighted by molar-refractivity contribution is 7.10. The minimum absolute atomic E-state index is 0.314. The molecule has 1 unspecified atom stereocenters. The van der Waals surface area contributed by atoms with E-state index in [4.69, 9.17) is 0 Å². The summed E-state index contributed by atoms with van der Waals surface area (Å²) in [5, 5.41) is 5.54. The van der Waals surface area contributed by atoms with E-state index >= 15 is 0 Å². The molecule has 4 heteroatoms. The highest BCUT2D eigenvalue weighted by Gasteiger charge is 2.34. The Morgan fingerprint density at radius 3 is 2.94 bits per heavy atom. The van der Waals surface area contributed by atoms with Crippen molar-refractivity contribution >= 4 is 17.2 Å². The molecule has 0 bridgehead atoms. The maximum atomic E-state index is 12.4. The van der Waals surface area contributed by atoms with Crippen molar-refractivity contribution in [2.45, 2.75) is 44.2 Å². The average molecular weight is 264 g/mol. The molecule has 1 N–H and O–H groups in total. The number of hydrogen-bond donors (Lipinski definition) is 1. The number of thiophene rings is 1. The maximum Gasteiger partial charge on any atom is 0.228 e. The lowest BCUT2D eigenvalue weighted by Gasteiger charge is -2.25. The molecule has 1 saturated carbocycles. The van der Waals surface area contributed by atoms with Gasteiger partial charge in [0.05, 0.1) is 6.42 Å². The van der Waals surface area contributed by atoms with Crippen LogP contribution >= 0.6 is 11.3 Å². The fourth-order valence-electron chi connectivity index (χ4n) is 2.65. The van der Waals surface area contributed by atoms with Crippen LogP contribution in [-0.2, 0) is 11.2 Å². The van der Waals surface area contributed by atoms with Gasteiger partial charge in [-0.2, -0.15) is 0 Å². The van der Waals surface area contributed by atoms with Gasteiger partial charge in [0.2, 0.25) is 5.91 Å². The van der Waals surface area contributed by atoms with E-state index < -0.39 is 0 Å². The van der Waals surface area contributed by atoms with Crippen molar-refractivity contribution in [2.75, 3.05) is 13.1 Å². The van der Waals surface area contributed by atoms with Gasteiger partial charge in [0.25, 0.3) is 0 Å². The summed E-state index contributed by atoms with van der Waals surface area (Å²) >= 11 is 1.68. The molecule has 2 heterocycles. The molecule has 3 nitrogen and oxygen atoms in total. The first-order chi connectivity index (χ1) is 8.83. The molecule has 0 spiro atoms. The van der Waals surface area contributed by atoms with Gasteiger partial charge < -0.3 is 10.2 Å². The number of hydrogen-bond acceptors (Lipinski definition) is 3. The van der Waals surface area contributed by atoms with Crippen LogP contribution in [0, 0.1) is 0 Å². The van der Waals surface area contributed by atoms with E-state index in [1.165, 1.54) is 30.6 Å². The van der Waals surface area contributed by atoms with Crippen molar-refractivity contribution in [1.82, 2.24) is 10.2 Å². The Kier molecular flexibility index (Phi) is 3.66. The lowest BCUT2D eigenvalue weighted by molar-refractivity contribution is -0.131. The number of carbonyl (C=O) groups is 1. The minimum atomic E-state index is 0.314. The molecule has 2 aliphatic rings. The van der Waals surface area contributed by atoms with Crippen LogP contribution in [0.4, 0.5) is 0 Å². The zero-order valence-electron chi connectivity index (χ0n) is 10.6. The molecule has 98 valence electrons. The molecule has 18 heavy (non-hydrogen) atoms. The molecule has 1 aromatic rings. The molecule has 0 aromatic carbocycles.